The smallest absolute Gasteiger partial charge is 0.420 e. The molecule has 78 heavy (non-hydrogen) atoms. The van der Waals surface area contributed by atoms with E-state index in [1.54, 1.807) is 0 Å². The average Bonchev–Trinajstić information content (AvgIpc) is 3.50. The lowest BCUT2D eigenvalue weighted by atomic mass is 9.50. The van der Waals surface area contributed by atoms with Crippen molar-refractivity contribution in [2.75, 3.05) is 20.3 Å². The second-order valence-electron chi connectivity index (χ2n) is 21.6. The molecule has 8 aliphatic carbocycles. The molecule has 17 heteroatoms. The van der Waals surface area contributed by atoms with Crippen molar-refractivity contribution in [2.24, 2.45) is 50.7 Å². The molecule has 0 saturated heterocycles. The van der Waals surface area contributed by atoms with Gasteiger partial charge in [-0.25, -0.2) is 8.42 Å². The SMILES string of the molecule is COS(=O)(=O)[O-].O=S(=O)(N=C([O-])C(F)(F)F)OCC12CC3CC(CC(C3)C1)C2.OCC12CC3CC(CC(C3)C1)C2.c1ccc([S+](c2ccccc2)c2ccccc2)cc1.c1ccc([S+](c2ccccc2)c2ccccc2)cc1. The van der Waals surface area contributed by atoms with Gasteiger partial charge in [0.2, 0.25) is 10.4 Å². The molecule has 1 N–H and O–H groups in total. The fourth-order valence-corrected chi connectivity index (χ4v) is 18.5. The molecule has 8 fully saturated rings. The Bertz CT molecular complexity index is 2680. The molecule has 0 aromatic heterocycles. The average molecular weight is 1140 g/mol. The lowest BCUT2D eigenvalue weighted by Crippen LogP contribution is -2.48. The van der Waals surface area contributed by atoms with Crippen LogP contribution in [0, 0.1) is 46.3 Å². The molecule has 0 aliphatic heterocycles. The summed E-state index contributed by atoms with van der Waals surface area (Å²) in [6, 6.07) is 64.3. The van der Waals surface area contributed by atoms with Crippen LogP contribution in [0.25, 0.3) is 0 Å². The quantitative estimate of drug-likeness (QED) is 0.0413. The van der Waals surface area contributed by atoms with Crippen LogP contribution >= 0.6 is 0 Å². The predicted molar refractivity (Wildman–Crippen MR) is 296 cm³/mol. The molecule has 0 amide bonds. The number of hydrogen-bond acceptors (Lipinski definition) is 9. The van der Waals surface area contributed by atoms with Crippen molar-refractivity contribution < 1.29 is 53.1 Å². The lowest BCUT2D eigenvalue weighted by Gasteiger charge is -2.56. The summed E-state index contributed by atoms with van der Waals surface area (Å²) >= 11 is 0. The topological polar surface area (TPSA) is 165 Å². The molecule has 0 radical (unpaired) electrons. The minimum Gasteiger partial charge on any atom is -0.855 e. The number of hydrogen-bond donors (Lipinski definition) is 1. The van der Waals surface area contributed by atoms with E-state index < -0.39 is 32.8 Å². The number of alkyl halides is 3. The van der Waals surface area contributed by atoms with Crippen molar-refractivity contribution in [1.82, 2.24) is 0 Å². The van der Waals surface area contributed by atoms with E-state index in [9.17, 15) is 44.8 Å². The minimum absolute atomic E-state index is 0.0146. The van der Waals surface area contributed by atoms with Crippen molar-refractivity contribution >= 4 is 48.4 Å². The number of rotatable bonds is 12. The van der Waals surface area contributed by atoms with Crippen molar-refractivity contribution in [3.63, 3.8) is 0 Å². The molecule has 0 heterocycles. The Hall–Kier alpha value is -4.98. The van der Waals surface area contributed by atoms with E-state index in [0.29, 0.717) is 29.8 Å². The first-order chi connectivity index (χ1) is 37.3. The maximum Gasteiger partial charge on any atom is 0.420 e. The fourth-order valence-electron chi connectivity index (χ4n) is 13.5. The Kier molecular flexibility index (Phi) is 20.1. The Balaban J connectivity index is 0.000000134. The van der Waals surface area contributed by atoms with Crippen molar-refractivity contribution in [1.29, 1.82) is 0 Å². The molecule has 0 atom stereocenters. The molecular weight excluding hydrogens is 1080 g/mol. The monoisotopic (exact) mass is 1140 g/mol. The zero-order chi connectivity index (χ0) is 55.4. The maximum absolute atomic E-state index is 12.1. The molecule has 14 rings (SSSR count). The second kappa shape index (κ2) is 26.5. The molecule has 6 aromatic carbocycles. The van der Waals surface area contributed by atoms with E-state index in [1.807, 2.05) is 0 Å². The second-order valence-corrected chi connectivity index (χ2v) is 28.1. The molecule has 8 aliphatic rings. The van der Waals surface area contributed by atoms with Gasteiger partial charge in [0.05, 0.1) is 41.4 Å². The third-order valence-corrected chi connectivity index (χ3v) is 21.4. The van der Waals surface area contributed by atoms with Gasteiger partial charge in [0.25, 0.3) is 0 Å². The highest BCUT2D eigenvalue weighted by atomic mass is 32.3. The molecule has 0 spiro atoms. The molecule has 8 bridgehead atoms. The number of halogens is 3. The van der Waals surface area contributed by atoms with Crippen molar-refractivity contribution in [2.45, 2.75) is 113 Å². The maximum atomic E-state index is 12.1. The summed E-state index contributed by atoms with van der Waals surface area (Å²) in [5.74, 6) is 2.00. The summed E-state index contributed by atoms with van der Waals surface area (Å²) in [5.41, 5.74) is 0.118. The van der Waals surface area contributed by atoms with Crippen molar-refractivity contribution in [3.8, 4) is 0 Å². The Morgan fingerprint density at radius 3 is 0.949 bits per heavy atom. The van der Waals surface area contributed by atoms with Crippen LogP contribution in [-0.4, -0.2) is 58.9 Å². The molecule has 10 nitrogen and oxygen atoms in total. The van der Waals surface area contributed by atoms with Crippen LogP contribution in [0.2, 0.25) is 0 Å². The van der Waals surface area contributed by atoms with Gasteiger partial charge in [-0.05, 0) is 196 Å². The van der Waals surface area contributed by atoms with E-state index in [4.69, 9.17) is 0 Å². The van der Waals surface area contributed by atoms with Crippen LogP contribution in [0.1, 0.15) is 77.0 Å². The highest BCUT2D eigenvalue weighted by Crippen LogP contribution is 2.61. The van der Waals surface area contributed by atoms with Gasteiger partial charge in [-0.1, -0.05) is 109 Å². The van der Waals surface area contributed by atoms with Crippen LogP contribution in [0.15, 0.2) is 216 Å². The van der Waals surface area contributed by atoms with Crippen LogP contribution < -0.4 is 5.11 Å². The van der Waals surface area contributed by atoms with E-state index in [0.717, 1.165) is 63.4 Å². The number of aliphatic hydroxyl groups is 1. The van der Waals surface area contributed by atoms with E-state index in [-0.39, 0.29) is 33.8 Å². The first kappa shape index (κ1) is 59.1. The van der Waals surface area contributed by atoms with Gasteiger partial charge in [-0.2, -0.15) is 26.0 Å². The summed E-state index contributed by atoms with van der Waals surface area (Å²) in [6.45, 7) is 0.296. The van der Waals surface area contributed by atoms with Crippen LogP contribution in [0.5, 0.6) is 0 Å². The van der Waals surface area contributed by atoms with E-state index >= 15 is 0 Å². The van der Waals surface area contributed by atoms with Gasteiger partial charge >= 0.3 is 16.5 Å². The summed E-state index contributed by atoms with van der Waals surface area (Å²) in [4.78, 5) is 8.17. The molecule has 6 aromatic rings. The van der Waals surface area contributed by atoms with Crippen LogP contribution in [0.3, 0.4) is 0 Å². The highest BCUT2D eigenvalue weighted by molar-refractivity contribution is 7.97. The summed E-state index contributed by atoms with van der Waals surface area (Å²) < 4.78 is 97.0. The molecule has 0 unspecified atom stereocenters. The Labute approximate surface area is 464 Å². The Morgan fingerprint density at radius 1 is 0.513 bits per heavy atom. The van der Waals surface area contributed by atoms with E-state index in [2.05, 4.69) is 195 Å². The molecule has 416 valence electrons. The summed E-state index contributed by atoms with van der Waals surface area (Å²) in [6.07, 6.45) is 9.19. The Morgan fingerprint density at radius 2 is 0.744 bits per heavy atom. The van der Waals surface area contributed by atoms with E-state index in [1.165, 1.54) is 67.9 Å². The predicted octanol–water partition coefficient (Wildman–Crippen LogP) is 12.6. The standard InChI is InChI=1S/2C18H15S.C13H18F3NO4S.C11H18O.CH4O4S/c2*1-4-10-16(11-5-1)19(17-12-6-2-7-13-17)18-14-8-3-9-15-18;14-13(15,16)11(18)17-22(19,20)21-7-12-4-8-1-9(5-12)3-10(2-8)6-12;12-7-11-4-8-1-9(5-11)3-10(2-8)6-11;1-5-6(2,3)4/h2*1-15H;8-10H,1-7H2,(H,17,18);8-10,12H,1-7H2;1H3,(H,2,3,4)/q2*+1;;;/p-2. The minimum atomic E-state index is -5.31. The number of nitrogens with zero attached hydrogens (tertiary/aromatic N) is 1. The summed E-state index contributed by atoms with van der Waals surface area (Å²) in [7, 11) is -8.49. The third-order valence-electron chi connectivity index (χ3n) is 15.7. The largest absolute Gasteiger partial charge is 0.855 e. The highest BCUT2D eigenvalue weighted by Gasteiger charge is 2.52. The number of benzene rings is 6. The zero-order valence-corrected chi connectivity index (χ0v) is 46.9. The first-order valence-corrected chi connectivity index (χ1v) is 31.6. The van der Waals surface area contributed by atoms with Gasteiger partial charge in [0.1, 0.15) is 0 Å². The molecular formula is C61H68F3NO9S4. The van der Waals surface area contributed by atoms with Gasteiger partial charge in [0, 0.05) is 6.61 Å². The van der Waals surface area contributed by atoms with Gasteiger partial charge in [0.15, 0.2) is 29.4 Å². The molecule has 8 saturated carbocycles. The third kappa shape index (κ3) is 16.6. The fraction of sp³-hybridized carbons (Fsp3) is 0.393. The normalized spacial score (nSPS) is 25.6. The lowest BCUT2D eigenvalue weighted by molar-refractivity contribution is -0.262. The van der Waals surface area contributed by atoms with Crippen LogP contribution in [0.4, 0.5) is 13.2 Å². The number of aliphatic hydroxyl groups excluding tert-OH is 1. The van der Waals surface area contributed by atoms with Gasteiger partial charge in [-0.15, -0.1) is 0 Å². The first-order valence-electron chi connectivity index (χ1n) is 26.5. The van der Waals surface area contributed by atoms with Gasteiger partial charge in [-0.3, -0.25) is 8.37 Å². The summed E-state index contributed by atoms with van der Waals surface area (Å²) in [5, 5.41) is 20.1. The van der Waals surface area contributed by atoms with Crippen LogP contribution in [-0.2, 0) is 50.9 Å². The zero-order valence-electron chi connectivity index (χ0n) is 43.6. The van der Waals surface area contributed by atoms with Gasteiger partial charge < -0.3 is 14.8 Å². The van der Waals surface area contributed by atoms with Crippen molar-refractivity contribution in [3.05, 3.63) is 182 Å².